The van der Waals surface area contributed by atoms with Gasteiger partial charge in [-0.15, -0.1) is 0 Å². The molecule has 0 saturated carbocycles. The molecular weight excluding hydrogens is 214 g/mol. The molecule has 0 radical (unpaired) electrons. The molecule has 0 rings (SSSR count). The van der Waals surface area contributed by atoms with Gasteiger partial charge in [-0.3, -0.25) is 4.79 Å². The summed E-state index contributed by atoms with van der Waals surface area (Å²) in [5, 5.41) is 0. The molecule has 17 heavy (non-hydrogen) atoms. The van der Waals surface area contributed by atoms with Gasteiger partial charge >= 0.3 is 5.97 Å². The number of rotatable bonds is 11. The van der Waals surface area contributed by atoms with Gasteiger partial charge in [0.2, 0.25) is 0 Å². The van der Waals surface area contributed by atoms with Crippen molar-refractivity contribution >= 4 is 5.97 Å². The predicted molar refractivity (Wildman–Crippen MR) is 72.1 cm³/mol. The van der Waals surface area contributed by atoms with Gasteiger partial charge in [0.1, 0.15) is 0 Å². The van der Waals surface area contributed by atoms with Crippen molar-refractivity contribution in [3.05, 3.63) is 0 Å². The first-order chi connectivity index (χ1) is 8.20. The summed E-state index contributed by atoms with van der Waals surface area (Å²) in [4.78, 5) is 13.2. The molecular formula is C14H29NO2. The Morgan fingerprint density at radius 2 is 1.59 bits per heavy atom. The summed E-state index contributed by atoms with van der Waals surface area (Å²) in [7, 11) is 3.51. The molecule has 0 aromatic rings. The SMILES string of the molecule is CCCCCCCCCN(C)CCC(=O)OC. The average molecular weight is 243 g/mol. The highest BCUT2D eigenvalue weighted by Gasteiger charge is 2.03. The van der Waals surface area contributed by atoms with Gasteiger partial charge in [-0.2, -0.15) is 0 Å². The smallest absolute Gasteiger partial charge is 0.306 e. The molecule has 0 heterocycles. The number of methoxy groups -OCH3 is 1. The molecule has 0 spiro atoms. The number of carbonyl (C=O) groups excluding carboxylic acids is 1. The second kappa shape index (κ2) is 11.9. The first-order valence-electron chi connectivity index (χ1n) is 6.96. The van der Waals surface area contributed by atoms with Crippen molar-refractivity contribution in [2.24, 2.45) is 0 Å². The Bertz CT molecular complexity index is 183. The maximum atomic E-state index is 10.9. The van der Waals surface area contributed by atoms with E-state index in [0.717, 1.165) is 13.1 Å². The van der Waals surface area contributed by atoms with Crippen LogP contribution in [0.5, 0.6) is 0 Å². The molecule has 0 aromatic heterocycles. The summed E-state index contributed by atoms with van der Waals surface area (Å²) < 4.78 is 4.62. The Morgan fingerprint density at radius 1 is 1.00 bits per heavy atom. The molecule has 3 nitrogen and oxygen atoms in total. The lowest BCUT2D eigenvalue weighted by molar-refractivity contribution is -0.140. The molecule has 0 bridgehead atoms. The minimum Gasteiger partial charge on any atom is -0.469 e. The highest BCUT2D eigenvalue weighted by Crippen LogP contribution is 2.07. The van der Waals surface area contributed by atoms with E-state index in [-0.39, 0.29) is 5.97 Å². The molecule has 0 unspecified atom stereocenters. The van der Waals surface area contributed by atoms with Crippen LogP contribution in [-0.2, 0) is 9.53 Å². The fourth-order valence-corrected chi connectivity index (χ4v) is 1.83. The molecule has 0 atom stereocenters. The number of esters is 1. The van der Waals surface area contributed by atoms with E-state index in [9.17, 15) is 4.79 Å². The number of unbranched alkanes of at least 4 members (excludes halogenated alkanes) is 6. The predicted octanol–water partition coefficient (Wildman–Crippen LogP) is 3.23. The second-order valence-electron chi connectivity index (χ2n) is 4.75. The molecule has 102 valence electrons. The lowest BCUT2D eigenvalue weighted by Gasteiger charge is -2.15. The van der Waals surface area contributed by atoms with Crippen LogP contribution < -0.4 is 0 Å². The fraction of sp³-hybridized carbons (Fsp3) is 0.929. The van der Waals surface area contributed by atoms with Crippen LogP contribution in [-0.4, -0.2) is 38.1 Å². The van der Waals surface area contributed by atoms with E-state index in [1.54, 1.807) is 0 Å². The Hall–Kier alpha value is -0.570. The summed E-state index contributed by atoms with van der Waals surface area (Å²) in [5.41, 5.74) is 0. The largest absolute Gasteiger partial charge is 0.469 e. The number of carbonyl (C=O) groups is 1. The van der Waals surface area contributed by atoms with Gasteiger partial charge in [0.15, 0.2) is 0 Å². The number of ether oxygens (including phenoxy) is 1. The van der Waals surface area contributed by atoms with E-state index in [1.807, 2.05) is 0 Å². The van der Waals surface area contributed by atoms with Gasteiger partial charge < -0.3 is 9.64 Å². The van der Waals surface area contributed by atoms with Crippen LogP contribution >= 0.6 is 0 Å². The zero-order valence-corrected chi connectivity index (χ0v) is 11.8. The molecule has 0 fully saturated rings. The third kappa shape index (κ3) is 11.7. The fourth-order valence-electron chi connectivity index (χ4n) is 1.83. The van der Waals surface area contributed by atoms with Crippen molar-refractivity contribution in [3.8, 4) is 0 Å². The average Bonchev–Trinajstić information content (AvgIpc) is 2.34. The monoisotopic (exact) mass is 243 g/mol. The van der Waals surface area contributed by atoms with Crippen molar-refractivity contribution in [1.82, 2.24) is 4.90 Å². The highest BCUT2D eigenvalue weighted by atomic mass is 16.5. The van der Waals surface area contributed by atoms with Crippen LogP contribution in [0.3, 0.4) is 0 Å². The van der Waals surface area contributed by atoms with Crippen molar-refractivity contribution in [3.63, 3.8) is 0 Å². The maximum absolute atomic E-state index is 10.9. The van der Waals surface area contributed by atoms with Crippen molar-refractivity contribution < 1.29 is 9.53 Å². The summed E-state index contributed by atoms with van der Waals surface area (Å²) in [6.45, 7) is 4.14. The maximum Gasteiger partial charge on any atom is 0.306 e. The first kappa shape index (κ1) is 16.4. The van der Waals surface area contributed by atoms with E-state index in [4.69, 9.17) is 0 Å². The Labute approximate surface area is 107 Å². The number of nitrogens with zero attached hydrogens (tertiary/aromatic N) is 1. The van der Waals surface area contributed by atoms with E-state index >= 15 is 0 Å². The Morgan fingerprint density at radius 3 is 2.18 bits per heavy atom. The van der Waals surface area contributed by atoms with E-state index in [0.29, 0.717) is 6.42 Å². The summed E-state index contributed by atoms with van der Waals surface area (Å²) in [5.74, 6) is -0.114. The molecule has 3 heteroatoms. The third-order valence-corrected chi connectivity index (χ3v) is 3.07. The minimum absolute atomic E-state index is 0.114. The van der Waals surface area contributed by atoms with Crippen LogP contribution in [0.4, 0.5) is 0 Å². The topological polar surface area (TPSA) is 29.5 Å². The zero-order chi connectivity index (χ0) is 12.9. The molecule has 0 saturated heterocycles. The Balaban J connectivity index is 3.21. The molecule has 0 N–H and O–H groups in total. The van der Waals surface area contributed by atoms with Gasteiger partial charge in [0.05, 0.1) is 13.5 Å². The summed E-state index contributed by atoms with van der Waals surface area (Å²) >= 11 is 0. The van der Waals surface area contributed by atoms with Crippen molar-refractivity contribution in [2.75, 3.05) is 27.2 Å². The van der Waals surface area contributed by atoms with Crippen molar-refractivity contribution in [1.29, 1.82) is 0 Å². The molecule has 0 amide bonds. The quantitative estimate of drug-likeness (QED) is 0.412. The zero-order valence-electron chi connectivity index (χ0n) is 11.8. The van der Waals surface area contributed by atoms with Crippen LogP contribution in [0, 0.1) is 0 Å². The van der Waals surface area contributed by atoms with Gasteiger partial charge in [-0.1, -0.05) is 45.4 Å². The lowest BCUT2D eigenvalue weighted by Crippen LogP contribution is -2.23. The standard InChI is InChI=1S/C14H29NO2/c1-4-5-6-7-8-9-10-12-15(2)13-11-14(16)17-3/h4-13H2,1-3H3. The highest BCUT2D eigenvalue weighted by molar-refractivity contribution is 5.69. The van der Waals surface area contributed by atoms with E-state index in [1.165, 1.54) is 52.1 Å². The summed E-state index contributed by atoms with van der Waals surface area (Å²) in [6, 6.07) is 0. The van der Waals surface area contributed by atoms with E-state index in [2.05, 4.69) is 23.6 Å². The number of hydrogen-bond donors (Lipinski definition) is 0. The van der Waals surface area contributed by atoms with Crippen molar-refractivity contribution in [2.45, 2.75) is 58.3 Å². The molecule has 0 aromatic carbocycles. The molecule has 0 aliphatic carbocycles. The van der Waals surface area contributed by atoms with Gasteiger partial charge in [-0.25, -0.2) is 0 Å². The number of hydrogen-bond acceptors (Lipinski definition) is 3. The lowest BCUT2D eigenvalue weighted by atomic mass is 10.1. The van der Waals surface area contributed by atoms with Gasteiger partial charge in [-0.05, 0) is 20.0 Å². The minimum atomic E-state index is -0.114. The third-order valence-electron chi connectivity index (χ3n) is 3.07. The van der Waals surface area contributed by atoms with Crippen LogP contribution in [0.2, 0.25) is 0 Å². The van der Waals surface area contributed by atoms with Crippen LogP contribution in [0.15, 0.2) is 0 Å². The normalized spacial score (nSPS) is 10.8. The Kier molecular flexibility index (Phi) is 11.5. The van der Waals surface area contributed by atoms with Gasteiger partial charge in [0, 0.05) is 6.54 Å². The summed E-state index contributed by atoms with van der Waals surface area (Å²) in [6.07, 6.45) is 9.86. The molecule has 0 aliphatic heterocycles. The van der Waals surface area contributed by atoms with Crippen LogP contribution in [0.25, 0.3) is 0 Å². The van der Waals surface area contributed by atoms with Crippen LogP contribution in [0.1, 0.15) is 58.3 Å². The van der Waals surface area contributed by atoms with Gasteiger partial charge in [0.25, 0.3) is 0 Å². The second-order valence-corrected chi connectivity index (χ2v) is 4.75. The van der Waals surface area contributed by atoms with E-state index < -0.39 is 0 Å². The molecule has 0 aliphatic rings. The first-order valence-corrected chi connectivity index (χ1v) is 6.96.